The molecule has 1 aromatic carbocycles. The molecule has 2 rings (SSSR count). The summed E-state index contributed by atoms with van der Waals surface area (Å²) in [7, 11) is 0. The molecule has 13 heavy (non-hydrogen) atoms. The number of nitrogens with zero attached hydrogens (tertiary/aromatic N) is 1. The van der Waals surface area contributed by atoms with Gasteiger partial charge in [-0.2, -0.15) is 0 Å². The Morgan fingerprint density at radius 2 is 2.23 bits per heavy atom. The summed E-state index contributed by atoms with van der Waals surface area (Å²) in [5, 5.41) is 1.18. The molecule has 0 bridgehead atoms. The standard InChI is InChI=1S/C10H12N2S/c1-3-10-12-8-4-6(2)7(11)5-9(8)13-10/h4-5H,3,11H2,1-2H3. The quantitative estimate of drug-likeness (QED) is 0.706. The van der Waals surface area contributed by atoms with Crippen LogP contribution in [-0.4, -0.2) is 4.98 Å². The number of benzene rings is 1. The SMILES string of the molecule is CCc1nc2cc(C)c(N)cc2s1. The van der Waals surface area contributed by atoms with Gasteiger partial charge in [0.2, 0.25) is 0 Å². The Bertz CT molecular complexity index is 406. The summed E-state index contributed by atoms with van der Waals surface area (Å²) in [6.45, 7) is 4.13. The third kappa shape index (κ3) is 1.40. The largest absolute Gasteiger partial charge is 0.398 e. The number of nitrogen functional groups attached to an aromatic ring is 1. The highest BCUT2D eigenvalue weighted by Crippen LogP contribution is 2.26. The maximum Gasteiger partial charge on any atom is 0.0935 e. The van der Waals surface area contributed by atoms with Gasteiger partial charge in [-0.1, -0.05) is 6.92 Å². The third-order valence-corrected chi connectivity index (χ3v) is 3.29. The van der Waals surface area contributed by atoms with Crippen molar-refractivity contribution in [3.05, 3.63) is 22.7 Å². The second-order valence-electron chi connectivity index (χ2n) is 3.14. The van der Waals surface area contributed by atoms with Crippen molar-refractivity contribution < 1.29 is 0 Å². The topological polar surface area (TPSA) is 38.9 Å². The van der Waals surface area contributed by atoms with E-state index in [0.29, 0.717) is 0 Å². The van der Waals surface area contributed by atoms with Gasteiger partial charge in [0, 0.05) is 5.69 Å². The van der Waals surface area contributed by atoms with Gasteiger partial charge in [0.25, 0.3) is 0 Å². The average molecular weight is 192 g/mol. The first-order chi connectivity index (χ1) is 6.20. The van der Waals surface area contributed by atoms with Crippen molar-refractivity contribution in [1.29, 1.82) is 0 Å². The molecule has 0 fully saturated rings. The summed E-state index contributed by atoms with van der Waals surface area (Å²) < 4.78 is 1.19. The van der Waals surface area contributed by atoms with Crippen LogP contribution in [0.2, 0.25) is 0 Å². The second-order valence-corrected chi connectivity index (χ2v) is 4.25. The number of nitrogens with two attached hydrogens (primary N) is 1. The van der Waals surface area contributed by atoms with E-state index in [1.54, 1.807) is 11.3 Å². The Hall–Kier alpha value is -1.09. The van der Waals surface area contributed by atoms with Crippen LogP contribution in [0.3, 0.4) is 0 Å². The van der Waals surface area contributed by atoms with E-state index in [1.165, 1.54) is 9.71 Å². The van der Waals surface area contributed by atoms with Gasteiger partial charge in [0.05, 0.1) is 15.2 Å². The van der Waals surface area contributed by atoms with E-state index in [4.69, 9.17) is 5.73 Å². The van der Waals surface area contributed by atoms with Crippen molar-refractivity contribution in [3.63, 3.8) is 0 Å². The summed E-state index contributed by atoms with van der Waals surface area (Å²) >= 11 is 1.73. The van der Waals surface area contributed by atoms with Crippen molar-refractivity contribution in [2.45, 2.75) is 20.3 Å². The molecule has 2 N–H and O–H groups in total. The highest BCUT2D eigenvalue weighted by atomic mass is 32.1. The van der Waals surface area contributed by atoms with E-state index < -0.39 is 0 Å². The number of hydrogen-bond donors (Lipinski definition) is 1. The number of hydrogen-bond acceptors (Lipinski definition) is 3. The van der Waals surface area contributed by atoms with Crippen LogP contribution in [-0.2, 0) is 6.42 Å². The molecular formula is C10H12N2S. The Morgan fingerprint density at radius 1 is 1.46 bits per heavy atom. The summed E-state index contributed by atoms with van der Waals surface area (Å²) in [5.74, 6) is 0. The van der Waals surface area contributed by atoms with Crippen molar-refractivity contribution in [2.75, 3.05) is 5.73 Å². The molecule has 2 nitrogen and oxygen atoms in total. The molecule has 0 aliphatic carbocycles. The lowest BCUT2D eigenvalue weighted by molar-refractivity contribution is 1.11. The summed E-state index contributed by atoms with van der Waals surface area (Å²) in [6, 6.07) is 4.07. The van der Waals surface area contributed by atoms with Gasteiger partial charge >= 0.3 is 0 Å². The highest BCUT2D eigenvalue weighted by Gasteiger charge is 2.03. The molecule has 2 aromatic rings. The van der Waals surface area contributed by atoms with E-state index in [2.05, 4.69) is 18.0 Å². The monoisotopic (exact) mass is 192 g/mol. The maximum atomic E-state index is 5.82. The van der Waals surface area contributed by atoms with Gasteiger partial charge in [-0.05, 0) is 31.0 Å². The molecule has 0 saturated heterocycles. The first kappa shape index (κ1) is 8.51. The highest BCUT2D eigenvalue weighted by molar-refractivity contribution is 7.18. The molecule has 1 heterocycles. The van der Waals surface area contributed by atoms with Crippen LogP contribution >= 0.6 is 11.3 Å². The molecule has 0 aliphatic heterocycles. The molecule has 0 saturated carbocycles. The first-order valence-electron chi connectivity index (χ1n) is 4.36. The number of aromatic nitrogens is 1. The van der Waals surface area contributed by atoms with Crippen LogP contribution < -0.4 is 5.73 Å². The number of aryl methyl sites for hydroxylation is 2. The normalized spacial score (nSPS) is 10.9. The summed E-state index contributed by atoms with van der Waals surface area (Å²) in [5.41, 5.74) is 8.86. The molecular weight excluding hydrogens is 180 g/mol. The van der Waals surface area contributed by atoms with Crippen LogP contribution in [0.4, 0.5) is 5.69 Å². The molecule has 0 atom stereocenters. The number of thiazole rings is 1. The smallest absolute Gasteiger partial charge is 0.0935 e. The van der Waals surface area contributed by atoms with Gasteiger partial charge in [0.15, 0.2) is 0 Å². The predicted molar refractivity (Wildman–Crippen MR) is 58.1 cm³/mol. The lowest BCUT2D eigenvalue weighted by Gasteiger charge is -1.97. The van der Waals surface area contributed by atoms with Gasteiger partial charge in [-0.25, -0.2) is 4.98 Å². The van der Waals surface area contributed by atoms with Gasteiger partial charge in [0.1, 0.15) is 0 Å². The average Bonchev–Trinajstić information content (AvgIpc) is 2.48. The zero-order chi connectivity index (χ0) is 9.42. The summed E-state index contributed by atoms with van der Waals surface area (Å²) in [4.78, 5) is 4.50. The minimum absolute atomic E-state index is 0.860. The molecule has 1 aromatic heterocycles. The zero-order valence-electron chi connectivity index (χ0n) is 7.79. The fourth-order valence-electron chi connectivity index (χ4n) is 1.29. The van der Waals surface area contributed by atoms with Crippen molar-refractivity contribution in [2.24, 2.45) is 0 Å². The maximum absolute atomic E-state index is 5.82. The molecule has 0 spiro atoms. The fourth-order valence-corrected chi connectivity index (χ4v) is 2.23. The van der Waals surface area contributed by atoms with Crippen molar-refractivity contribution in [1.82, 2.24) is 4.98 Å². The van der Waals surface area contributed by atoms with Crippen LogP contribution in [0.5, 0.6) is 0 Å². The van der Waals surface area contributed by atoms with Crippen molar-refractivity contribution >= 4 is 27.2 Å². The minimum Gasteiger partial charge on any atom is -0.398 e. The zero-order valence-corrected chi connectivity index (χ0v) is 8.61. The summed E-state index contributed by atoms with van der Waals surface area (Å²) in [6.07, 6.45) is 0.998. The lowest BCUT2D eigenvalue weighted by Crippen LogP contribution is -1.87. The molecule has 68 valence electrons. The Balaban J connectivity index is 2.70. The Morgan fingerprint density at radius 3 is 2.92 bits per heavy atom. The molecule has 0 aliphatic rings. The molecule has 0 unspecified atom stereocenters. The number of fused-ring (bicyclic) bond motifs is 1. The predicted octanol–water partition coefficient (Wildman–Crippen LogP) is 2.75. The van der Waals surface area contributed by atoms with Crippen LogP contribution in [0.25, 0.3) is 10.2 Å². The van der Waals surface area contributed by atoms with E-state index in [1.807, 2.05) is 13.0 Å². The second kappa shape index (κ2) is 3.00. The van der Waals surface area contributed by atoms with E-state index in [9.17, 15) is 0 Å². The van der Waals surface area contributed by atoms with E-state index >= 15 is 0 Å². The van der Waals surface area contributed by atoms with Gasteiger partial charge < -0.3 is 5.73 Å². The number of rotatable bonds is 1. The minimum atomic E-state index is 0.860. The number of anilines is 1. The van der Waals surface area contributed by atoms with Crippen LogP contribution in [0.1, 0.15) is 17.5 Å². The van der Waals surface area contributed by atoms with Crippen LogP contribution in [0, 0.1) is 6.92 Å². The van der Waals surface area contributed by atoms with E-state index in [0.717, 1.165) is 23.2 Å². The van der Waals surface area contributed by atoms with Crippen molar-refractivity contribution in [3.8, 4) is 0 Å². The lowest BCUT2D eigenvalue weighted by atomic mass is 10.2. The Labute approximate surface area is 81.4 Å². The molecule has 0 amide bonds. The Kier molecular flexibility index (Phi) is 1.96. The fraction of sp³-hybridized carbons (Fsp3) is 0.300. The third-order valence-electron chi connectivity index (χ3n) is 2.12. The van der Waals surface area contributed by atoms with Gasteiger partial charge in [-0.15, -0.1) is 11.3 Å². The first-order valence-corrected chi connectivity index (χ1v) is 5.18. The van der Waals surface area contributed by atoms with E-state index in [-0.39, 0.29) is 0 Å². The molecule has 3 heteroatoms. The van der Waals surface area contributed by atoms with Crippen LogP contribution in [0.15, 0.2) is 12.1 Å². The van der Waals surface area contributed by atoms with Gasteiger partial charge in [-0.3, -0.25) is 0 Å². The molecule has 0 radical (unpaired) electrons.